The molecular formula is C21H23ClF3N3O3S. The SMILES string of the molecule is O=C(NCc1cccnc1)NC1CCC(CS(=O)(=O)c2cc(C(F)(F)F)ccc2Cl)CC1. The first-order valence-corrected chi connectivity index (χ1v) is 12.1. The van der Waals surface area contributed by atoms with Crippen molar-refractivity contribution in [1.82, 2.24) is 15.6 Å². The van der Waals surface area contributed by atoms with E-state index in [4.69, 9.17) is 11.6 Å². The molecule has 2 amide bonds. The second-order valence-corrected chi connectivity index (χ2v) is 10.2. The van der Waals surface area contributed by atoms with Crippen molar-refractivity contribution < 1.29 is 26.4 Å². The Morgan fingerprint density at radius 3 is 2.50 bits per heavy atom. The number of rotatable bonds is 6. The summed E-state index contributed by atoms with van der Waals surface area (Å²) >= 11 is 5.90. The Morgan fingerprint density at radius 2 is 1.88 bits per heavy atom. The minimum Gasteiger partial charge on any atom is -0.335 e. The van der Waals surface area contributed by atoms with Crippen LogP contribution in [-0.2, 0) is 22.6 Å². The Hall–Kier alpha value is -2.33. The number of alkyl halides is 3. The van der Waals surface area contributed by atoms with E-state index >= 15 is 0 Å². The Kier molecular flexibility index (Phi) is 7.66. The van der Waals surface area contributed by atoms with Gasteiger partial charge in [0.1, 0.15) is 0 Å². The van der Waals surface area contributed by atoms with Crippen LogP contribution in [0.15, 0.2) is 47.6 Å². The highest BCUT2D eigenvalue weighted by Crippen LogP contribution is 2.35. The van der Waals surface area contributed by atoms with Crippen molar-refractivity contribution in [3.8, 4) is 0 Å². The lowest BCUT2D eigenvalue weighted by Crippen LogP contribution is -2.43. The number of amides is 2. The zero-order valence-electron chi connectivity index (χ0n) is 17.0. The molecule has 1 aliphatic carbocycles. The fourth-order valence-electron chi connectivity index (χ4n) is 3.71. The quantitative estimate of drug-likeness (QED) is 0.621. The molecule has 1 aromatic heterocycles. The van der Waals surface area contributed by atoms with Crippen LogP contribution >= 0.6 is 11.6 Å². The molecule has 1 saturated carbocycles. The third kappa shape index (κ3) is 6.59. The molecule has 1 heterocycles. The van der Waals surface area contributed by atoms with Crippen molar-refractivity contribution in [3.05, 3.63) is 58.9 Å². The molecule has 0 saturated heterocycles. The maximum atomic E-state index is 13.0. The molecule has 0 aliphatic heterocycles. The summed E-state index contributed by atoms with van der Waals surface area (Å²) < 4.78 is 64.4. The van der Waals surface area contributed by atoms with Crippen LogP contribution in [0.25, 0.3) is 0 Å². The molecule has 174 valence electrons. The lowest BCUT2D eigenvalue weighted by Gasteiger charge is -2.29. The molecule has 1 fully saturated rings. The zero-order valence-corrected chi connectivity index (χ0v) is 18.6. The van der Waals surface area contributed by atoms with Gasteiger partial charge in [-0.1, -0.05) is 17.7 Å². The highest BCUT2D eigenvalue weighted by atomic mass is 35.5. The van der Waals surface area contributed by atoms with Crippen LogP contribution in [0.4, 0.5) is 18.0 Å². The predicted molar refractivity (Wildman–Crippen MR) is 114 cm³/mol. The number of aromatic nitrogens is 1. The second-order valence-electron chi connectivity index (χ2n) is 7.83. The van der Waals surface area contributed by atoms with Crippen LogP contribution in [0.3, 0.4) is 0 Å². The summed E-state index contributed by atoms with van der Waals surface area (Å²) in [5.74, 6) is -0.504. The molecule has 6 nitrogen and oxygen atoms in total. The van der Waals surface area contributed by atoms with Crippen LogP contribution in [0.1, 0.15) is 36.8 Å². The number of halogens is 4. The normalized spacial score (nSPS) is 19.4. The van der Waals surface area contributed by atoms with E-state index in [0.29, 0.717) is 38.3 Å². The van der Waals surface area contributed by atoms with E-state index in [-0.39, 0.29) is 28.8 Å². The van der Waals surface area contributed by atoms with E-state index in [1.54, 1.807) is 18.5 Å². The number of hydrogen-bond acceptors (Lipinski definition) is 4. The number of benzene rings is 1. The molecule has 2 N–H and O–H groups in total. The average molecular weight is 490 g/mol. The van der Waals surface area contributed by atoms with Crippen molar-refractivity contribution in [1.29, 1.82) is 0 Å². The molecule has 0 unspecified atom stereocenters. The molecule has 0 spiro atoms. The van der Waals surface area contributed by atoms with Gasteiger partial charge in [0.05, 0.1) is 21.2 Å². The molecule has 0 bridgehead atoms. The zero-order chi connectivity index (χ0) is 23.4. The van der Waals surface area contributed by atoms with Gasteiger partial charge in [0.15, 0.2) is 9.84 Å². The first kappa shape index (κ1) is 24.3. The Balaban J connectivity index is 1.51. The molecular weight excluding hydrogens is 467 g/mol. The molecule has 1 aliphatic rings. The topological polar surface area (TPSA) is 88.2 Å². The first-order valence-electron chi connectivity index (χ1n) is 10.1. The fraction of sp³-hybridized carbons (Fsp3) is 0.429. The van der Waals surface area contributed by atoms with Gasteiger partial charge < -0.3 is 10.6 Å². The van der Waals surface area contributed by atoms with E-state index in [9.17, 15) is 26.4 Å². The van der Waals surface area contributed by atoms with Crippen LogP contribution in [0.5, 0.6) is 0 Å². The molecule has 32 heavy (non-hydrogen) atoms. The summed E-state index contributed by atoms with van der Waals surface area (Å²) in [6, 6.07) is 5.52. The maximum absolute atomic E-state index is 13.0. The summed E-state index contributed by atoms with van der Waals surface area (Å²) in [6.07, 6.45) is 0.863. The van der Waals surface area contributed by atoms with Gasteiger partial charge in [-0.15, -0.1) is 0 Å². The lowest BCUT2D eigenvalue weighted by atomic mass is 9.87. The van der Waals surface area contributed by atoms with E-state index in [1.807, 2.05) is 6.07 Å². The van der Waals surface area contributed by atoms with Crippen LogP contribution in [0.2, 0.25) is 5.02 Å². The van der Waals surface area contributed by atoms with Crippen LogP contribution < -0.4 is 10.6 Å². The Bertz CT molecular complexity index is 1040. The fourth-order valence-corrected chi connectivity index (χ4v) is 5.99. The van der Waals surface area contributed by atoms with Gasteiger partial charge in [-0.3, -0.25) is 4.98 Å². The minimum absolute atomic E-state index is 0.0972. The number of hydrogen-bond donors (Lipinski definition) is 2. The third-order valence-electron chi connectivity index (χ3n) is 5.41. The summed E-state index contributed by atoms with van der Waals surface area (Å²) in [7, 11) is -3.99. The molecule has 0 atom stereocenters. The smallest absolute Gasteiger partial charge is 0.335 e. The molecule has 3 rings (SSSR count). The van der Waals surface area contributed by atoms with Gasteiger partial charge in [-0.05, 0) is 61.4 Å². The Morgan fingerprint density at radius 1 is 1.16 bits per heavy atom. The van der Waals surface area contributed by atoms with Gasteiger partial charge in [0, 0.05) is 25.0 Å². The number of urea groups is 1. The van der Waals surface area contributed by atoms with E-state index < -0.39 is 26.5 Å². The Labute approximate surface area is 189 Å². The largest absolute Gasteiger partial charge is 0.416 e. The highest BCUT2D eigenvalue weighted by molar-refractivity contribution is 7.91. The highest BCUT2D eigenvalue weighted by Gasteiger charge is 2.34. The van der Waals surface area contributed by atoms with Crippen LogP contribution in [-0.4, -0.2) is 31.2 Å². The monoisotopic (exact) mass is 489 g/mol. The summed E-state index contributed by atoms with van der Waals surface area (Å²) in [5.41, 5.74) is -0.185. The van der Waals surface area contributed by atoms with Gasteiger partial charge in [-0.25, -0.2) is 13.2 Å². The molecule has 11 heteroatoms. The molecule has 1 aromatic carbocycles. The molecule has 0 radical (unpaired) electrons. The maximum Gasteiger partial charge on any atom is 0.416 e. The second kappa shape index (κ2) is 10.1. The van der Waals surface area contributed by atoms with Gasteiger partial charge >= 0.3 is 12.2 Å². The lowest BCUT2D eigenvalue weighted by molar-refractivity contribution is -0.137. The molecule has 2 aromatic rings. The number of sulfone groups is 1. The van der Waals surface area contributed by atoms with Gasteiger partial charge in [-0.2, -0.15) is 13.2 Å². The predicted octanol–water partition coefficient (Wildman–Crippen LogP) is 4.59. The van der Waals surface area contributed by atoms with Gasteiger partial charge in [0.25, 0.3) is 0 Å². The summed E-state index contributed by atoms with van der Waals surface area (Å²) in [5, 5.41) is 5.40. The number of nitrogens with zero attached hydrogens (tertiary/aromatic N) is 1. The standard InChI is InChI=1S/C21H23ClF3N3O3S/c22-18-8-5-16(21(23,24)25)10-19(18)32(30,31)13-14-3-6-17(7-4-14)28-20(29)27-12-15-2-1-9-26-11-15/h1-2,5,8-11,14,17H,3-4,6-7,12-13H2,(H2,27,28,29). The number of nitrogens with one attached hydrogen (secondary N) is 2. The summed E-state index contributed by atoms with van der Waals surface area (Å²) in [6.45, 7) is 0.338. The number of carbonyl (C=O) groups excluding carboxylic acids is 1. The minimum atomic E-state index is -4.66. The van der Waals surface area contributed by atoms with Crippen molar-refractivity contribution in [2.75, 3.05) is 5.75 Å². The third-order valence-corrected chi connectivity index (χ3v) is 7.77. The summed E-state index contributed by atoms with van der Waals surface area (Å²) in [4.78, 5) is 15.6. The van der Waals surface area contributed by atoms with Crippen molar-refractivity contribution in [3.63, 3.8) is 0 Å². The number of pyridine rings is 1. The van der Waals surface area contributed by atoms with E-state index in [1.165, 1.54) is 0 Å². The van der Waals surface area contributed by atoms with Crippen molar-refractivity contribution in [2.24, 2.45) is 5.92 Å². The number of carbonyl (C=O) groups is 1. The van der Waals surface area contributed by atoms with E-state index in [2.05, 4.69) is 15.6 Å². The van der Waals surface area contributed by atoms with Gasteiger partial charge in [0.2, 0.25) is 0 Å². The van der Waals surface area contributed by atoms with Crippen molar-refractivity contribution >= 4 is 27.5 Å². The average Bonchev–Trinajstić information content (AvgIpc) is 2.73. The van der Waals surface area contributed by atoms with Crippen molar-refractivity contribution in [2.45, 2.75) is 49.3 Å². The van der Waals surface area contributed by atoms with E-state index in [0.717, 1.165) is 17.7 Å². The van der Waals surface area contributed by atoms with Crippen LogP contribution in [0, 0.1) is 5.92 Å². The first-order chi connectivity index (χ1) is 15.0.